The van der Waals surface area contributed by atoms with Gasteiger partial charge >= 0.3 is 0 Å². The average Bonchev–Trinajstić information content (AvgIpc) is 3.35. The summed E-state index contributed by atoms with van der Waals surface area (Å²) in [6.45, 7) is 4.10. The van der Waals surface area contributed by atoms with Gasteiger partial charge in [-0.15, -0.1) is 11.3 Å². The number of likely N-dealkylation sites (tertiary alicyclic amines) is 1. The molecule has 7 heteroatoms. The van der Waals surface area contributed by atoms with E-state index in [4.69, 9.17) is 4.74 Å². The van der Waals surface area contributed by atoms with Crippen LogP contribution in [-0.4, -0.2) is 66.0 Å². The lowest BCUT2D eigenvalue weighted by Crippen LogP contribution is -2.42. The van der Waals surface area contributed by atoms with Crippen LogP contribution in [0.4, 0.5) is 0 Å². The minimum absolute atomic E-state index is 0.119. The van der Waals surface area contributed by atoms with Gasteiger partial charge in [-0.05, 0) is 11.4 Å². The summed E-state index contributed by atoms with van der Waals surface area (Å²) in [5.74, 6) is -1.29. The molecule has 4 rings (SSSR count). The van der Waals surface area contributed by atoms with Crippen molar-refractivity contribution in [3.63, 3.8) is 0 Å². The van der Waals surface area contributed by atoms with Crippen molar-refractivity contribution in [1.82, 2.24) is 9.80 Å². The molecule has 0 aliphatic carbocycles. The molecule has 1 unspecified atom stereocenters. The topological polar surface area (TPSA) is 70.1 Å². The number of Topliss-reactive ketones (excluding diaryl/α,β-unsaturated/α-hetero) is 1. The molecular weight excluding hydrogens is 376 g/mol. The van der Waals surface area contributed by atoms with Gasteiger partial charge in [-0.1, -0.05) is 36.4 Å². The molecule has 1 N–H and O–H groups in total. The Morgan fingerprint density at radius 3 is 2.50 bits per heavy atom. The second-order valence-corrected chi connectivity index (χ2v) is 7.81. The van der Waals surface area contributed by atoms with E-state index in [1.54, 1.807) is 29.2 Å². The van der Waals surface area contributed by atoms with Crippen molar-refractivity contribution in [2.24, 2.45) is 0 Å². The summed E-state index contributed by atoms with van der Waals surface area (Å²) < 4.78 is 5.37. The van der Waals surface area contributed by atoms with E-state index in [0.29, 0.717) is 31.9 Å². The molecule has 1 atom stereocenters. The summed E-state index contributed by atoms with van der Waals surface area (Å²) in [5.41, 5.74) is 0.705. The number of ketones is 1. The van der Waals surface area contributed by atoms with E-state index in [0.717, 1.165) is 18.0 Å². The van der Waals surface area contributed by atoms with E-state index < -0.39 is 17.7 Å². The number of rotatable bonds is 5. The van der Waals surface area contributed by atoms with E-state index >= 15 is 0 Å². The predicted molar refractivity (Wildman–Crippen MR) is 107 cm³/mol. The Kier molecular flexibility index (Phi) is 5.57. The first kappa shape index (κ1) is 18.9. The number of thiophene rings is 1. The lowest BCUT2D eigenvalue weighted by Gasteiger charge is -2.30. The van der Waals surface area contributed by atoms with E-state index in [9.17, 15) is 14.7 Å². The number of amides is 1. The van der Waals surface area contributed by atoms with Gasteiger partial charge in [0.05, 0.1) is 24.8 Å². The molecule has 28 heavy (non-hydrogen) atoms. The quantitative estimate of drug-likeness (QED) is 0.476. The molecule has 146 valence electrons. The highest BCUT2D eigenvalue weighted by molar-refractivity contribution is 7.10. The number of aliphatic hydroxyl groups is 1. The van der Waals surface area contributed by atoms with Crippen molar-refractivity contribution in [3.8, 4) is 0 Å². The molecule has 2 fully saturated rings. The van der Waals surface area contributed by atoms with Crippen LogP contribution < -0.4 is 0 Å². The Hall–Kier alpha value is -2.48. The largest absolute Gasteiger partial charge is 0.507 e. The number of hydrogen-bond donors (Lipinski definition) is 1. The number of benzene rings is 1. The van der Waals surface area contributed by atoms with Crippen LogP contribution in [0.2, 0.25) is 0 Å². The van der Waals surface area contributed by atoms with Crippen molar-refractivity contribution in [1.29, 1.82) is 0 Å². The van der Waals surface area contributed by atoms with Gasteiger partial charge in [0.25, 0.3) is 11.7 Å². The van der Waals surface area contributed by atoms with Crippen molar-refractivity contribution < 1.29 is 19.4 Å². The van der Waals surface area contributed by atoms with Crippen molar-refractivity contribution in [2.45, 2.75) is 6.04 Å². The maximum absolute atomic E-state index is 12.8. The summed E-state index contributed by atoms with van der Waals surface area (Å²) in [7, 11) is 0. The van der Waals surface area contributed by atoms with Gasteiger partial charge in [-0.3, -0.25) is 14.5 Å². The molecule has 0 bridgehead atoms. The highest BCUT2D eigenvalue weighted by Crippen LogP contribution is 2.40. The molecule has 2 aromatic rings. The first-order chi connectivity index (χ1) is 13.7. The first-order valence-corrected chi connectivity index (χ1v) is 10.2. The smallest absolute Gasteiger partial charge is 0.295 e. The molecule has 2 aliphatic rings. The van der Waals surface area contributed by atoms with Gasteiger partial charge < -0.3 is 14.7 Å². The molecule has 1 aromatic carbocycles. The number of ether oxygens (including phenoxy) is 1. The zero-order valence-corrected chi connectivity index (χ0v) is 16.2. The van der Waals surface area contributed by atoms with Crippen LogP contribution in [0.25, 0.3) is 5.76 Å². The fraction of sp³-hybridized carbons (Fsp3) is 0.333. The molecule has 1 aromatic heterocycles. The van der Waals surface area contributed by atoms with Gasteiger partial charge in [-0.25, -0.2) is 0 Å². The molecule has 3 heterocycles. The van der Waals surface area contributed by atoms with Crippen LogP contribution in [0.1, 0.15) is 16.5 Å². The Balaban J connectivity index is 1.68. The van der Waals surface area contributed by atoms with E-state index in [1.165, 1.54) is 11.3 Å². The van der Waals surface area contributed by atoms with Gasteiger partial charge in [-0.2, -0.15) is 0 Å². The fourth-order valence-electron chi connectivity index (χ4n) is 3.68. The van der Waals surface area contributed by atoms with Crippen LogP contribution in [0, 0.1) is 0 Å². The van der Waals surface area contributed by atoms with Crippen LogP contribution in [0.5, 0.6) is 0 Å². The van der Waals surface area contributed by atoms with Gasteiger partial charge in [0.1, 0.15) is 5.76 Å². The van der Waals surface area contributed by atoms with Crippen LogP contribution in [-0.2, 0) is 14.3 Å². The molecular formula is C21H22N2O4S. The molecule has 6 nitrogen and oxygen atoms in total. The first-order valence-electron chi connectivity index (χ1n) is 9.34. The Labute approximate surface area is 167 Å². The molecule has 2 saturated heterocycles. The maximum atomic E-state index is 12.8. The second kappa shape index (κ2) is 8.26. The molecule has 0 saturated carbocycles. The predicted octanol–water partition coefficient (Wildman–Crippen LogP) is 2.50. The summed E-state index contributed by atoms with van der Waals surface area (Å²) in [5, 5.41) is 12.8. The number of carbonyl (C=O) groups excluding carboxylic acids is 2. The van der Waals surface area contributed by atoms with Crippen LogP contribution >= 0.6 is 11.3 Å². The lowest BCUT2D eigenvalue weighted by molar-refractivity contribution is -0.140. The SMILES string of the molecule is O=C1C(=O)N(CCN2CCOCC2)C(c2cccs2)/C1=C(/O)c1ccccc1. The summed E-state index contributed by atoms with van der Waals surface area (Å²) in [6.07, 6.45) is 0. The third-order valence-corrected chi connectivity index (χ3v) is 6.09. The van der Waals surface area contributed by atoms with E-state index in [-0.39, 0.29) is 11.3 Å². The monoisotopic (exact) mass is 398 g/mol. The van der Waals surface area contributed by atoms with Gasteiger partial charge in [0.15, 0.2) is 0 Å². The minimum Gasteiger partial charge on any atom is -0.507 e. The van der Waals surface area contributed by atoms with Gasteiger partial charge in [0.2, 0.25) is 0 Å². The lowest BCUT2D eigenvalue weighted by atomic mass is 10.00. The Morgan fingerprint density at radius 1 is 1.07 bits per heavy atom. The summed E-state index contributed by atoms with van der Waals surface area (Å²) >= 11 is 1.48. The molecule has 0 spiro atoms. The van der Waals surface area contributed by atoms with E-state index in [1.807, 2.05) is 23.6 Å². The third kappa shape index (κ3) is 3.61. The van der Waals surface area contributed by atoms with Crippen molar-refractivity contribution >= 4 is 28.8 Å². The number of aliphatic hydroxyl groups excluding tert-OH is 1. The molecule has 2 aliphatic heterocycles. The standard InChI is InChI=1S/C21H22N2O4S/c24-19(15-5-2-1-3-6-15)17-18(16-7-4-14-28-16)23(21(26)20(17)25)9-8-22-10-12-27-13-11-22/h1-7,14,18,24H,8-13H2/b19-17-. The van der Waals surface area contributed by atoms with Crippen LogP contribution in [0.15, 0.2) is 53.4 Å². The van der Waals surface area contributed by atoms with Crippen molar-refractivity contribution in [3.05, 3.63) is 63.9 Å². The molecule has 0 radical (unpaired) electrons. The summed E-state index contributed by atoms with van der Waals surface area (Å²) in [4.78, 5) is 30.4. The highest BCUT2D eigenvalue weighted by atomic mass is 32.1. The normalized spacial score (nSPS) is 22.7. The zero-order valence-electron chi connectivity index (χ0n) is 15.4. The Bertz CT molecular complexity index is 873. The number of hydrogen-bond acceptors (Lipinski definition) is 6. The average molecular weight is 398 g/mol. The second-order valence-electron chi connectivity index (χ2n) is 6.83. The highest BCUT2D eigenvalue weighted by Gasteiger charge is 2.46. The summed E-state index contributed by atoms with van der Waals surface area (Å²) in [6, 6.07) is 12.2. The molecule has 1 amide bonds. The number of carbonyl (C=O) groups is 2. The third-order valence-electron chi connectivity index (χ3n) is 5.16. The fourth-order valence-corrected chi connectivity index (χ4v) is 4.52. The van der Waals surface area contributed by atoms with E-state index in [2.05, 4.69) is 4.90 Å². The van der Waals surface area contributed by atoms with Crippen LogP contribution in [0.3, 0.4) is 0 Å². The number of morpholine rings is 1. The zero-order chi connectivity index (χ0) is 19.5. The van der Waals surface area contributed by atoms with Crippen molar-refractivity contribution in [2.75, 3.05) is 39.4 Å². The number of nitrogens with zero attached hydrogens (tertiary/aromatic N) is 2. The minimum atomic E-state index is -0.623. The maximum Gasteiger partial charge on any atom is 0.295 e. The van der Waals surface area contributed by atoms with Gasteiger partial charge in [0, 0.05) is 36.6 Å². The Morgan fingerprint density at radius 2 is 1.82 bits per heavy atom.